The maximum absolute atomic E-state index is 10.5. The van der Waals surface area contributed by atoms with Crippen molar-refractivity contribution in [2.45, 2.75) is 6.04 Å². The molecule has 0 aliphatic carbocycles. The van der Waals surface area contributed by atoms with Crippen LogP contribution in [-0.4, -0.2) is 11.8 Å². The van der Waals surface area contributed by atoms with Gasteiger partial charge in [-0.3, -0.25) is 4.79 Å². The molecular formula is C4H5Cl3OSi. The van der Waals surface area contributed by atoms with Crippen molar-refractivity contribution >= 4 is 45.0 Å². The molecule has 52 valence electrons. The Bertz CT molecular complexity index is 128. The summed E-state index contributed by atoms with van der Waals surface area (Å²) in [6.07, 6.45) is 1.16. The summed E-state index contributed by atoms with van der Waals surface area (Å²) in [6, 6.07) is -2.72. The van der Waals surface area contributed by atoms with E-state index in [0.29, 0.717) is 0 Å². The molecular weight excluding hydrogens is 198 g/mol. The fourth-order valence-corrected chi connectivity index (χ4v) is 1.99. The van der Waals surface area contributed by atoms with Crippen LogP contribution in [0.1, 0.15) is 0 Å². The van der Waals surface area contributed by atoms with E-state index in [2.05, 4.69) is 6.58 Å². The van der Waals surface area contributed by atoms with Crippen LogP contribution in [0.3, 0.4) is 0 Å². The highest BCUT2D eigenvalue weighted by Crippen LogP contribution is 2.24. The van der Waals surface area contributed by atoms with Crippen LogP contribution < -0.4 is 0 Å². The van der Waals surface area contributed by atoms with Crippen molar-refractivity contribution in [2.24, 2.45) is 0 Å². The van der Waals surface area contributed by atoms with Crippen LogP contribution in [0.4, 0.5) is 0 Å². The van der Waals surface area contributed by atoms with E-state index < -0.39 is 6.00 Å². The molecule has 0 saturated carbocycles. The van der Waals surface area contributed by atoms with Crippen LogP contribution in [0.2, 0.25) is 6.04 Å². The van der Waals surface area contributed by atoms with Crippen LogP contribution in [-0.2, 0) is 4.79 Å². The van der Waals surface area contributed by atoms with Gasteiger partial charge in [0.05, 0.1) is 0 Å². The van der Waals surface area contributed by atoms with Crippen LogP contribution in [0, 0.1) is 0 Å². The molecule has 0 atom stereocenters. The smallest absolute Gasteiger partial charge is 0.295 e. The van der Waals surface area contributed by atoms with E-state index >= 15 is 0 Å². The molecule has 0 radical (unpaired) electrons. The first-order valence-corrected chi connectivity index (χ1v) is 7.42. The quantitative estimate of drug-likeness (QED) is 0.391. The Kier molecular flexibility index (Phi) is 3.81. The molecule has 0 amide bonds. The zero-order valence-electron chi connectivity index (χ0n) is 4.53. The first-order valence-electron chi connectivity index (χ1n) is 2.18. The lowest BCUT2D eigenvalue weighted by atomic mass is 10.5. The Hall–Kier alpha value is 0.497. The van der Waals surface area contributed by atoms with Crippen molar-refractivity contribution < 1.29 is 4.79 Å². The minimum atomic E-state index is -2.75. The van der Waals surface area contributed by atoms with Gasteiger partial charge in [-0.1, -0.05) is 6.58 Å². The average Bonchev–Trinajstić information content (AvgIpc) is 1.62. The zero-order valence-corrected chi connectivity index (χ0v) is 7.80. The van der Waals surface area contributed by atoms with E-state index in [1.165, 1.54) is 0 Å². The molecule has 0 aliphatic heterocycles. The van der Waals surface area contributed by atoms with E-state index in [4.69, 9.17) is 33.2 Å². The van der Waals surface area contributed by atoms with Crippen LogP contribution in [0.15, 0.2) is 12.7 Å². The maximum Gasteiger partial charge on any atom is 0.348 e. The Morgan fingerprint density at radius 2 is 2.00 bits per heavy atom. The topological polar surface area (TPSA) is 17.1 Å². The summed E-state index contributed by atoms with van der Waals surface area (Å²) in [6.45, 7) is 3.24. The normalized spacial score (nSPS) is 11.0. The Labute approximate surface area is 68.7 Å². The van der Waals surface area contributed by atoms with Crippen molar-refractivity contribution in [3.63, 3.8) is 0 Å². The number of carbonyl (C=O) groups is 1. The summed E-state index contributed by atoms with van der Waals surface area (Å²) < 4.78 is 0. The van der Waals surface area contributed by atoms with E-state index in [-0.39, 0.29) is 11.8 Å². The molecule has 0 aromatic heterocycles. The van der Waals surface area contributed by atoms with Crippen LogP contribution in [0.25, 0.3) is 0 Å². The van der Waals surface area contributed by atoms with E-state index in [1.807, 2.05) is 0 Å². The van der Waals surface area contributed by atoms with Gasteiger partial charge in [-0.2, -0.15) is 0 Å². The second-order valence-electron chi connectivity index (χ2n) is 1.46. The number of hydrogen-bond acceptors (Lipinski definition) is 1. The summed E-state index contributed by atoms with van der Waals surface area (Å²) >= 11 is 16.2. The molecule has 0 spiro atoms. The lowest BCUT2D eigenvalue weighted by molar-refractivity contribution is -0.112. The highest BCUT2D eigenvalue weighted by Gasteiger charge is 2.27. The van der Waals surface area contributed by atoms with Gasteiger partial charge in [0.25, 0.3) is 0 Å². The zero-order chi connectivity index (χ0) is 7.49. The lowest BCUT2D eigenvalue weighted by Gasteiger charge is -2.01. The molecule has 0 aromatic rings. The third-order valence-electron chi connectivity index (χ3n) is 0.602. The summed E-state index contributed by atoms with van der Waals surface area (Å²) in [5, 5.41) is 0. The minimum absolute atomic E-state index is 0.0289. The van der Waals surface area contributed by atoms with Gasteiger partial charge in [-0.05, 0) is 6.08 Å². The van der Waals surface area contributed by atoms with Crippen molar-refractivity contribution in [3.8, 4) is 0 Å². The molecule has 0 aliphatic rings. The second-order valence-corrected chi connectivity index (χ2v) is 10.6. The first-order chi connectivity index (χ1) is 3.95. The molecule has 0 heterocycles. The van der Waals surface area contributed by atoms with Crippen LogP contribution in [0.5, 0.6) is 0 Å². The molecule has 0 fully saturated rings. The van der Waals surface area contributed by atoms with Crippen molar-refractivity contribution in [1.29, 1.82) is 0 Å². The molecule has 0 N–H and O–H groups in total. The van der Waals surface area contributed by atoms with Gasteiger partial charge in [0.15, 0.2) is 5.78 Å². The van der Waals surface area contributed by atoms with E-state index in [9.17, 15) is 4.79 Å². The van der Waals surface area contributed by atoms with Crippen molar-refractivity contribution in [2.75, 3.05) is 0 Å². The predicted octanol–water partition coefficient (Wildman–Crippen LogP) is 2.40. The SMILES string of the molecule is C=CC(=O)C[Si](Cl)(Cl)Cl. The molecule has 1 nitrogen and oxygen atoms in total. The van der Waals surface area contributed by atoms with Gasteiger partial charge in [0, 0.05) is 6.04 Å². The van der Waals surface area contributed by atoms with Gasteiger partial charge in [-0.25, -0.2) is 0 Å². The fourth-order valence-electron chi connectivity index (χ4n) is 0.270. The highest BCUT2D eigenvalue weighted by atomic mass is 35.8. The number of carbonyl (C=O) groups excluding carboxylic acids is 1. The molecule has 0 aromatic carbocycles. The molecule has 5 heteroatoms. The molecule has 0 unspecified atom stereocenters. The number of rotatable bonds is 3. The summed E-state index contributed by atoms with van der Waals surface area (Å²) in [5.74, 6) is -0.207. The molecule has 0 saturated heterocycles. The Balaban J connectivity index is 3.74. The monoisotopic (exact) mass is 202 g/mol. The molecule has 0 rings (SSSR count). The maximum atomic E-state index is 10.5. The van der Waals surface area contributed by atoms with Gasteiger partial charge in [-0.15, -0.1) is 33.2 Å². The Morgan fingerprint density at radius 1 is 1.56 bits per heavy atom. The summed E-state index contributed by atoms with van der Waals surface area (Å²) in [4.78, 5) is 10.5. The van der Waals surface area contributed by atoms with Crippen molar-refractivity contribution in [1.82, 2.24) is 0 Å². The summed E-state index contributed by atoms with van der Waals surface area (Å²) in [5.41, 5.74) is 0. The standard InChI is InChI=1S/C4H5Cl3OSi/c1-2-4(8)3-9(5,6)7/h2H,1,3H2. The largest absolute Gasteiger partial charge is 0.348 e. The second kappa shape index (κ2) is 3.61. The predicted molar refractivity (Wildman–Crippen MR) is 43.3 cm³/mol. The fraction of sp³-hybridized carbons (Fsp3) is 0.250. The number of ketones is 1. The Morgan fingerprint density at radius 3 is 2.11 bits per heavy atom. The third-order valence-corrected chi connectivity index (χ3v) is 2.55. The minimum Gasteiger partial charge on any atom is -0.295 e. The van der Waals surface area contributed by atoms with Gasteiger partial charge in [0.2, 0.25) is 0 Å². The van der Waals surface area contributed by atoms with Crippen molar-refractivity contribution in [3.05, 3.63) is 12.7 Å². The summed E-state index contributed by atoms with van der Waals surface area (Å²) in [7, 11) is 0. The number of allylic oxidation sites excluding steroid dienone is 1. The molecule has 0 bridgehead atoms. The third kappa shape index (κ3) is 6.38. The number of halogens is 3. The lowest BCUT2D eigenvalue weighted by Crippen LogP contribution is -2.13. The van der Waals surface area contributed by atoms with E-state index in [1.54, 1.807) is 0 Å². The van der Waals surface area contributed by atoms with E-state index in [0.717, 1.165) is 6.08 Å². The van der Waals surface area contributed by atoms with Gasteiger partial charge in [0.1, 0.15) is 0 Å². The average molecular weight is 204 g/mol. The van der Waals surface area contributed by atoms with Gasteiger partial charge >= 0.3 is 6.00 Å². The van der Waals surface area contributed by atoms with Gasteiger partial charge < -0.3 is 0 Å². The molecule has 9 heavy (non-hydrogen) atoms. The highest BCUT2D eigenvalue weighted by molar-refractivity contribution is 7.65. The van der Waals surface area contributed by atoms with Crippen LogP contribution >= 0.6 is 33.2 Å². The first kappa shape index (κ1) is 9.50. The number of hydrogen-bond donors (Lipinski definition) is 0.